The van der Waals surface area contributed by atoms with Gasteiger partial charge >= 0.3 is 7.12 Å². The average Bonchev–Trinajstić information content (AvgIpc) is 2.77. The largest absolute Gasteiger partial charge is 0.842 e. The van der Waals surface area contributed by atoms with E-state index in [0.717, 1.165) is 5.46 Å². The number of nitrogens with zero attached hydrogens (tertiary/aromatic N) is 2. The maximum Gasteiger partial charge on any atom is 0.494 e. The Hall–Kier alpha value is -2.38. The molecule has 2 heterocycles. The molecule has 1 aromatic carbocycles. The van der Waals surface area contributed by atoms with Gasteiger partial charge in [-0.1, -0.05) is 22.9 Å². The summed E-state index contributed by atoms with van der Waals surface area (Å²) in [6.07, 6.45) is 3.46. The van der Waals surface area contributed by atoms with Crippen molar-refractivity contribution in [3.8, 4) is 0 Å². The quantitative estimate of drug-likeness (QED) is 0.390. The summed E-state index contributed by atoms with van der Waals surface area (Å²) in [4.78, 5) is 4.03. The number of amidine groups is 1. The van der Waals surface area contributed by atoms with Gasteiger partial charge in [0.2, 0.25) is 0 Å². The molecule has 0 spiro atoms. The molecule has 130 valence electrons. The van der Waals surface area contributed by atoms with Crippen molar-refractivity contribution >= 4 is 24.3 Å². The van der Waals surface area contributed by atoms with Crippen LogP contribution < -0.4 is 20.7 Å². The van der Waals surface area contributed by atoms with E-state index in [1.807, 2.05) is 58.0 Å². The molecule has 2 aromatic rings. The van der Waals surface area contributed by atoms with E-state index in [9.17, 15) is 5.11 Å². The molecule has 0 bridgehead atoms. The zero-order valence-electron chi connectivity index (χ0n) is 14.9. The number of pyridine rings is 1. The minimum Gasteiger partial charge on any atom is -0.842 e. The van der Waals surface area contributed by atoms with E-state index in [4.69, 9.17) is 9.31 Å². The summed E-state index contributed by atoms with van der Waals surface area (Å²) in [6, 6.07) is 12.3. The van der Waals surface area contributed by atoms with Gasteiger partial charge in [-0.2, -0.15) is 5.43 Å². The molecule has 7 heteroatoms. The second-order valence-electron chi connectivity index (χ2n) is 6.99. The van der Waals surface area contributed by atoms with Gasteiger partial charge in [0.1, 0.15) is 6.02 Å². The highest BCUT2D eigenvalue weighted by Crippen LogP contribution is 2.36. The van der Waals surface area contributed by atoms with Gasteiger partial charge in [-0.25, -0.2) is 4.99 Å². The van der Waals surface area contributed by atoms with E-state index in [2.05, 4.69) is 10.4 Å². The van der Waals surface area contributed by atoms with Crippen LogP contribution >= 0.6 is 0 Å². The molecular weight excluding hydrogens is 317 g/mol. The van der Waals surface area contributed by atoms with Crippen LogP contribution in [0.5, 0.6) is 0 Å². The Kier molecular flexibility index (Phi) is 4.54. The van der Waals surface area contributed by atoms with Gasteiger partial charge in [-0.15, -0.1) is 0 Å². The van der Waals surface area contributed by atoms with Crippen LogP contribution in [-0.2, 0) is 9.31 Å². The highest BCUT2D eigenvalue weighted by atomic mass is 16.7. The fourth-order valence-corrected chi connectivity index (χ4v) is 2.41. The lowest BCUT2D eigenvalue weighted by Crippen LogP contribution is -2.51. The first kappa shape index (κ1) is 17.4. The van der Waals surface area contributed by atoms with Crippen LogP contribution in [0, 0.1) is 0 Å². The number of nitrogens with one attached hydrogen (secondary N) is 1. The zero-order valence-corrected chi connectivity index (χ0v) is 14.9. The molecule has 1 aliphatic heterocycles. The maximum atomic E-state index is 11.9. The fourth-order valence-electron chi connectivity index (χ4n) is 2.41. The molecule has 1 aliphatic rings. The lowest BCUT2D eigenvalue weighted by Gasteiger charge is -2.32. The molecule has 0 unspecified atom stereocenters. The lowest BCUT2D eigenvalue weighted by molar-refractivity contribution is -0.644. The van der Waals surface area contributed by atoms with Crippen molar-refractivity contribution in [2.75, 3.05) is 5.43 Å². The van der Waals surface area contributed by atoms with E-state index in [1.165, 1.54) is 0 Å². The topological polar surface area (TPSA) is 69.8 Å². The SMILES string of the molecule is CC1(C)OB(c2ccc(N=C([O-])N[n+]3ccccc3)cc2)OC1(C)C. The van der Waals surface area contributed by atoms with Crippen molar-refractivity contribution in [2.24, 2.45) is 4.99 Å². The average molecular weight is 339 g/mol. The monoisotopic (exact) mass is 339 g/mol. The van der Waals surface area contributed by atoms with Gasteiger partial charge < -0.3 is 14.4 Å². The van der Waals surface area contributed by atoms with Gasteiger partial charge in [0.15, 0.2) is 12.4 Å². The Morgan fingerprint density at radius 1 is 1.00 bits per heavy atom. The molecule has 0 saturated carbocycles. The van der Waals surface area contributed by atoms with Crippen LogP contribution in [0.25, 0.3) is 0 Å². The van der Waals surface area contributed by atoms with Crippen LogP contribution in [-0.4, -0.2) is 24.3 Å². The summed E-state index contributed by atoms with van der Waals surface area (Å²) >= 11 is 0. The number of aliphatic imine (C=N–C) groups is 1. The highest BCUT2D eigenvalue weighted by Gasteiger charge is 2.51. The first-order chi connectivity index (χ1) is 11.8. The number of hydrogen-bond acceptors (Lipinski definition) is 4. The smallest absolute Gasteiger partial charge is 0.494 e. The summed E-state index contributed by atoms with van der Waals surface area (Å²) in [6.45, 7) is 8.06. The van der Waals surface area contributed by atoms with Gasteiger partial charge in [0.25, 0.3) is 0 Å². The zero-order chi connectivity index (χ0) is 18.1. The van der Waals surface area contributed by atoms with E-state index < -0.39 is 13.1 Å². The Labute approximate surface area is 148 Å². The predicted molar refractivity (Wildman–Crippen MR) is 95.3 cm³/mol. The van der Waals surface area contributed by atoms with E-state index in [0.29, 0.717) is 5.69 Å². The summed E-state index contributed by atoms with van der Waals surface area (Å²) < 4.78 is 13.6. The van der Waals surface area contributed by atoms with E-state index in [1.54, 1.807) is 29.2 Å². The first-order valence-corrected chi connectivity index (χ1v) is 8.21. The third-order valence-electron chi connectivity index (χ3n) is 4.59. The van der Waals surface area contributed by atoms with E-state index in [-0.39, 0.29) is 11.2 Å². The van der Waals surface area contributed by atoms with Crippen molar-refractivity contribution in [2.45, 2.75) is 38.9 Å². The molecule has 3 rings (SSSR count). The highest BCUT2D eigenvalue weighted by molar-refractivity contribution is 6.62. The van der Waals surface area contributed by atoms with Crippen molar-refractivity contribution in [1.29, 1.82) is 0 Å². The van der Waals surface area contributed by atoms with Crippen LogP contribution in [0.4, 0.5) is 5.69 Å². The minimum absolute atomic E-state index is 0.381. The van der Waals surface area contributed by atoms with Gasteiger partial charge in [-0.05, 0) is 45.3 Å². The second-order valence-corrected chi connectivity index (χ2v) is 6.99. The van der Waals surface area contributed by atoms with Gasteiger partial charge in [-0.3, -0.25) is 0 Å². The summed E-state index contributed by atoms with van der Waals surface area (Å²) in [5.74, 6) is 0. The third kappa shape index (κ3) is 3.83. The summed E-state index contributed by atoms with van der Waals surface area (Å²) in [5, 5.41) is 11.9. The molecule has 1 N–H and O–H groups in total. The van der Waals surface area contributed by atoms with Crippen LogP contribution in [0.3, 0.4) is 0 Å². The van der Waals surface area contributed by atoms with Crippen molar-refractivity contribution in [1.82, 2.24) is 0 Å². The molecule has 1 fully saturated rings. The van der Waals surface area contributed by atoms with Gasteiger partial charge in [0.05, 0.1) is 16.9 Å². The van der Waals surface area contributed by atoms with Crippen molar-refractivity contribution in [3.05, 3.63) is 54.9 Å². The molecule has 25 heavy (non-hydrogen) atoms. The van der Waals surface area contributed by atoms with Crippen LogP contribution in [0.15, 0.2) is 59.9 Å². The minimum atomic E-state index is -0.445. The van der Waals surface area contributed by atoms with Crippen LogP contribution in [0.1, 0.15) is 27.7 Å². The first-order valence-electron chi connectivity index (χ1n) is 8.21. The molecule has 0 aliphatic carbocycles. The Morgan fingerprint density at radius 2 is 1.56 bits per heavy atom. The Morgan fingerprint density at radius 3 is 2.12 bits per heavy atom. The molecule has 0 radical (unpaired) electrons. The van der Waals surface area contributed by atoms with Gasteiger partial charge in [0, 0.05) is 12.1 Å². The number of rotatable bonds is 3. The standard InChI is InChI=1S/C18H22BN3O3/c1-17(2)18(3,4)25-19(24-17)14-8-10-15(11-9-14)20-16(23)21-22-12-6-5-7-13-22/h5-13H,1-4H3,(H-,20,21,23). The summed E-state index contributed by atoms with van der Waals surface area (Å²) in [5.41, 5.74) is 3.34. The number of benzene rings is 1. The third-order valence-corrected chi connectivity index (χ3v) is 4.59. The lowest BCUT2D eigenvalue weighted by atomic mass is 9.79. The molecular formula is C18H22BN3O3. The maximum absolute atomic E-state index is 11.9. The Bertz CT molecular complexity index is 745. The Balaban J connectivity index is 1.70. The molecule has 0 amide bonds. The second kappa shape index (κ2) is 6.50. The molecule has 6 nitrogen and oxygen atoms in total. The molecule has 1 saturated heterocycles. The van der Waals surface area contributed by atoms with Crippen molar-refractivity contribution in [3.63, 3.8) is 0 Å². The van der Waals surface area contributed by atoms with Crippen LogP contribution in [0.2, 0.25) is 0 Å². The summed E-state index contributed by atoms with van der Waals surface area (Å²) in [7, 11) is -0.423. The molecule has 0 atom stereocenters. The van der Waals surface area contributed by atoms with E-state index >= 15 is 0 Å². The van der Waals surface area contributed by atoms with Crippen molar-refractivity contribution < 1.29 is 19.1 Å². The fraction of sp³-hybridized carbons (Fsp3) is 0.333. The number of hydrogen-bond donors (Lipinski definition) is 1. The number of aromatic nitrogens is 1. The predicted octanol–water partition coefficient (Wildman–Crippen LogP) is 0.865. The molecule has 1 aromatic heterocycles. The normalized spacial score (nSPS) is 19.0.